The van der Waals surface area contributed by atoms with Crippen molar-refractivity contribution in [2.75, 3.05) is 0 Å². The fourth-order valence-electron chi connectivity index (χ4n) is 7.48. The largest absolute Gasteiger partial charge is 0.455 e. The lowest BCUT2D eigenvalue weighted by atomic mass is 9.97. The molecule has 4 nitrogen and oxygen atoms in total. The smallest absolute Gasteiger partial charge is 0.208 e. The van der Waals surface area contributed by atoms with Gasteiger partial charge < -0.3 is 9.73 Å². The second-order valence-electron chi connectivity index (χ2n) is 12.9. The summed E-state index contributed by atoms with van der Waals surface area (Å²) in [5, 5.41) is 8.36. The van der Waals surface area contributed by atoms with Crippen molar-refractivity contribution in [3.63, 3.8) is 0 Å². The van der Waals surface area contributed by atoms with Gasteiger partial charge in [-0.1, -0.05) is 133 Å². The number of furan rings is 1. The Morgan fingerprint density at radius 2 is 1.16 bits per heavy atom. The quantitative estimate of drug-likeness (QED) is 0.208. The van der Waals surface area contributed by atoms with Crippen molar-refractivity contribution in [1.29, 1.82) is 0 Å². The fourth-order valence-corrected chi connectivity index (χ4v) is 7.48. The second-order valence-corrected chi connectivity index (χ2v) is 12.9. The number of para-hydroxylation sites is 3. The van der Waals surface area contributed by atoms with E-state index in [9.17, 15) is 0 Å². The number of nitrogens with zero attached hydrogens (tertiary/aromatic N) is 2. The molecule has 0 saturated heterocycles. The minimum absolute atomic E-state index is 0.0200. The summed E-state index contributed by atoms with van der Waals surface area (Å²) in [6, 6.07) is 58.0. The van der Waals surface area contributed by atoms with E-state index in [4.69, 9.17) is 9.41 Å². The number of benzene rings is 7. The van der Waals surface area contributed by atoms with Gasteiger partial charge in [0.15, 0.2) is 0 Å². The zero-order valence-electron chi connectivity index (χ0n) is 27.1. The van der Waals surface area contributed by atoms with Crippen molar-refractivity contribution in [2.45, 2.75) is 6.04 Å². The van der Waals surface area contributed by atoms with Crippen LogP contribution in [0.2, 0.25) is 0 Å². The van der Waals surface area contributed by atoms with Gasteiger partial charge >= 0.3 is 0 Å². The summed E-state index contributed by atoms with van der Waals surface area (Å²) < 4.78 is 8.65. The van der Waals surface area contributed by atoms with Gasteiger partial charge in [0.1, 0.15) is 11.2 Å². The van der Waals surface area contributed by atoms with Crippen molar-refractivity contribution in [1.82, 2.24) is 9.88 Å². The number of hydrogen-bond donors (Lipinski definition) is 1. The highest BCUT2D eigenvalue weighted by molar-refractivity contribution is 6.16. The van der Waals surface area contributed by atoms with Crippen LogP contribution in [-0.2, 0) is 0 Å². The topological polar surface area (TPSA) is 42.5 Å². The third-order valence-electron chi connectivity index (χ3n) is 9.93. The van der Waals surface area contributed by atoms with Crippen LogP contribution in [0.1, 0.15) is 11.6 Å². The summed E-state index contributed by atoms with van der Waals surface area (Å²) in [5.41, 5.74) is 12.2. The van der Waals surface area contributed by atoms with Gasteiger partial charge in [0.25, 0.3) is 0 Å². The molecule has 1 aliphatic heterocycles. The Morgan fingerprint density at radius 1 is 0.500 bits per heavy atom. The van der Waals surface area contributed by atoms with Crippen molar-refractivity contribution in [3.8, 4) is 33.4 Å². The maximum atomic E-state index is 6.41. The van der Waals surface area contributed by atoms with Crippen LogP contribution in [0.4, 0.5) is 0 Å². The monoisotopic (exact) mass is 641 g/mol. The van der Waals surface area contributed by atoms with Gasteiger partial charge in [-0.05, 0) is 69.8 Å². The summed E-state index contributed by atoms with van der Waals surface area (Å²) in [6.45, 7) is 0. The van der Waals surface area contributed by atoms with Gasteiger partial charge in [-0.3, -0.25) is 4.57 Å². The van der Waals surface area contributed by atoms with E-state index in [0.29, 0.717) is 0 Å². The molecule has 3 heterocycles. The molecule has 0 bridgehead atoms. The van der Waals surface area contributed by atoms with Crippen LogP contribution in [-0.4, -0.2) is 10.5 Å². The van der Waals surface area contributed by atoms with E-state index in [2.05, 4.69) is 168 Å². The van der Waals surface area contributed by atoms with Crippen molar-refractivity contribution >= 4 is 49.7 Å². The van der Waals surface area contributed by atoms with E-state index in [1.54, 1.807) is 0 Å². The van der Waals surface area contributed by atoms with E-state index in [0.717, 1.165) is 50.1 Å². The highest BCUT2D eigenvalue weighted by atomic mass is 16.3. The number of fused-ring (bicyclic) bond motifs is 6. The van der Waals surface area contributed by atoms with Crippen LogP contribution in [0, 0.1) is 0 Å². The first-order valence-corrected chi connectivity index (χ1v) is 17.0. The number of nitrogens with one attached hydrogen (secondary N) is 1. The molecule has 0 aliphatic carbocycles. The highest BCUT2D eigenvalue weighted by Crippen LogP contribution is 2.39. The van der Waals surface area contributed by atoms with Crippen molar-refractivity contribution in [2.24, 2.45) is 4.99 Å². The summed E-state index contributed by atoms with van der Waals surface area (Å²) in [4.78, 5) is 4.87. The molecule has 1 aliphatic rings. The third kappa shape index (κ3) is 4.65. The highest BCUT2D eigenvalue weighted by Gasteiger charge is 2.21. The SMILES string of the molecule is C1=CC(c2ccc(-c3cccc(-c4ccccc4)c3)cc2)NC(n2c3ccccc3c3cc(-c4cccc5c4oc4ccccc45)ccc32)=N1. The number of aliphatic imine (C=N–C) groups is 1. The van der Waals surface area contributed by atoms with Crippen molar-refractivity contribution in [3.05, 3.63) is 182 Å². The van der Waals surface area contributed by atoms with Gasteiger partial charge in [-0.25, -0.2) is 4.99 Å². The first-order valence-electron chi connectivity index (χ1n) is 17.0. The predicted molar refractivity (Wildman–Crippen MR) is 207 cm³/mol. The molecule has 4 heteroatoms. The Kier molecular flexibility index (Phi) is 6.53. The van der Waals surface area contributed by atoms with Crippen LogP contribution in [0.3, 0.4) is 0 Å². The van der Waals surface area contributed by atoms with Crippen LogP contribution in [0.15, 0.2) is 185 Å². The van der Waals surface area contributed by atoms with Gasteiger partial charge in [-0.15, -0.1) is 0 Å². The van der Waals surface area contributed by atoms with Gasteiger partial charge in [-0.2, -0.15) is 0 Å². The summed E-state index contributed by atoms with van der Waals surface area (Å²) >= 11 is 0. The first kappa shape index (κ1) is 28.4. The van der Waals surface area contributed by atoms with E-state index >= 15 is 0 Å². The second kappa shape index (κ2) is 11.5. The fraction of sp³-hybridized carbons (Fsp3) is 0.0217. The maximum Gasteiger partial charge on any atom is 0.208 e. The molecule has 0 saturated carbocycles. The van der Waals surface area contributed by atoms with Gasteiger partial charge in [0, 0.05) is 33.3 Å². The Balaban J connectivity index is 0.992. The molecule has 1 atom stereocenters. The van der Waals surface area contributed by atoms with Crippen molar-refractivity contribution < 1.29 is 4.42 Å². The molecule has 2 aromatic heterocycles. The Bertz CT molecular complexity index is 2780. The lowest BCUT2D eigenvalue weighted by Crippen LogP contribution is -2.34. The molecule has 1 unspecified atom stereocenters. The Labute approximate surface area is 289 Å². The maximum absolute atomic E-state index is 6.41. The number of rotatable bonds is 4. The average molecular weight is 642 g/mol. The molecular formula is C46H31N3O. The van der Waals surface area contributed by atoms with Gasteiger partial charge in [0.2, 0.25) is 5.96 Å². The third-order valence-corrected chi connectivity index (χ3v) is 9.93. The van der Waals surface area contributed by atoms with Crippen LogP contribution in [0.5, 0.6) is 0 Å². The van der Waals surface area contributed by atoms with E-state index in [-0.39, 0.29) is 6.04 Å². The Hall–Kier alpha value is -6.65. The Morgan fingerprint density at radius 3 is 2.02 bits per heavy atom. The van der Waals surface area contributed by atoms with Crippen LogP contribution >= 0.6 is 0 Å². The first-order chi connectivity index (χ1) is 24.8. The van der Waals surface area contributed by atoms with Gasteiger partial charge in [0.05, 0.1) is 17.1 Å². The standard InChI is InChI=1S/C46H31N3O/c1-2-10-30(11-3-1)33-12-8-13-34(28-33)31-20-22-32(23-21-31)41-26-27-47-46(48-41)49-42-18-6-4-14-37(42)40-29-35(24-25-43(40)49)36-16-9-17-39-38-15-5-7-19-44(38)50-45(36)39/h1-29,41H,(H,47,48). The normalized spacial score (nSPS) is 14.4. The van der Waals surface area contributed by atoms with E-state index in [1.165, 1.54) is 38.6 Å². The number of aromatic nitrogens is 1. The number of hydrogen-bond acceptors (Lipinski definition) is 3. The zero-order chi connectivity index (χ0) is 33.0. The molecule has 1 N–H and O–H groups in total. The average Bonchev–Trinajstić information content (AvgIpc) is 3.74. The minimum atomic E-state index is -0.0200. The summed E-state index contributed by atoms with van der Waals surface area (Å²) in [7, 11) is 0. The van der Waals surface area contributed by atoms with E-state index in [1.807, 2.05) is 18.3 Å². The molecule has 10 rings (SSSR count). The lowest BCUT2D eigenvalue weighted by molar-refractivity contribution is 0.670. The minimum Gasteiger partial charge on any atom is -0.455 e. The molecule has 9 aromatic rings. The molecule has 0 radical (unpaired) electrons. The molecule has 7 aromatic carbocycles. The molecule has 236 valence electrons. The summed E-state index contributed by atoms with van der Waals surface area (Å²) in [6.07, 6.45) is 4.04. The molecule has 0 amide bonds. The predicted octanol–water partition coefficient (Wildman–Crippen LogP) is 11.8. The van der Waals surface area contributed by atoms with Crippen LogP contribution < -0.4 is 5.32 Å². The molecular weight excluding hydrogens is 611 g/mol. The van der Waals surface area contributed by atoms with E-state index < -0.39 is 0 Å². The molecule has 0 spiro atoms. The molecule has 50 heavy (non-hydrogen) atoms. The van der Waals surface area contributed by atoms with Crippen LogP contribution in [0.25, 0.3) is 77.1 Å². The molecule has 0 fully saturated rings. The summed E-state index contributed by atoms with van der Waals surface area (Å²) in [5.74, 6) is 0.801. The zero-order valence-corrected chi connectivity index (χ0v) is 27.1. The lowest BCUT2D eigenvalue weighted by Gasteiger charge is -2.23.